The third-order valence-electron chi connectivity index (χ3n) is 3.69. The Morgan fingerprint density at radius 1 is 1.15 bits per heavy atom. The van der Waals surface area contributed by atoms with Gasteiger partial charge in [0.2, 0.25) is 5.91 Å². The lowest BCUT2D eigenvalue weighted by Crippen LogP contribution is -2.14. The standard InChI is InChI=1S/C20H20N2O2S2/c1-14-3-5-15(6-4-14)21-19(23)11-20-22-16(13-26-20)12-25-18-9-7-17(24-2)8-10-18/h3-10,13H,11-12H2,1-2H3,(H,21,23). The van der Waals surface area contributed by atoms with Crippen molar-refractivity contribution in [2.24, 2.45) is 0 Å². The summed E-state index contributed by atoms with van der Waals surface area (Å²) in [6.07, 6.45) is 0.297. The minimum Gasteiger partial charge on any atom is -0.497 e. The number of hydrogen-bond donors (Lipinski definition) is 1. The molecule has 0 fully saturated rings. The molecule has 0 atom stereocenters. The van der Waals surface area contributed by atoms with Crippen molar-refractivity contribution in [3.8, 4) is 5.75 Å². The molecule has 26 heavy (non-hydrogen) atoms. The van der Waals surface area contributed by atoms with Gasteiger partial charge in [0, 0.05) is 21.7 Å². The fraction of sp³-hybridized carbons (Fsp3) is 0.200. The van der Waals surface area contributed by atoms with Crippen LogP contribution in [0.3, 0.4) is 0 Å². The van der Waals surface area contributed by atoms with Gasteiger partial charge in [-0.15, -0.1) is 23.1 Å². The Hall–Kier alpha value is -2.31. The van der Waals surface area contributed by atoms with Crippen LogP contribution in [0.2, 0.25) is 0 Å². The molecule has 134 valence electrons. The summed E-state index contributed by atoms with van der Waals surface area (Å²) in [4.78, 5) is 17.9. The Balaban J connectivity index is 1.50. The topological polar surface area (TPSA) is 51.2 Å². The van der Waals surface area contributed by atoms with Crippen molar-refractivity contribution < 1.29 is 9.53 Å². The molecule has 0 spiro atoms. The van der Waals surface area contributed by atoms with Gasteiger partial charge in [-0.05, 0) is 43.3 Å². The van der Waals surface area contributed by atoms with Crippen LogP contribution >= 0.6 is 23.1 Å². The monoisotopic (exact) mass is 384 g/mol. The van der Waals surface area contributed by atoms with Crippen LogP contribution in [0.1, 0.15) is 16.3 Å². The van der Waals surface area contributed by atoms with E-state index >= 15 is 0 Å². The summed E-state index contributed by atoms with van der Waals surface area (Å²) in [5.41, 5.74) is 2.98. The minimum absolute atomic E-state index is 0.0439. The molecule has 6 heteroatoms. The number of thiazole rings is 1. The number of hydrogen-bond acceptors (Lipinski definition) is 5. The van der Waals surface area contributed by atoms with Crippen molar-refractivity contribution in [1.82, 2.24) is 4.98 Å². The molecule has 1 amide bonds. The molecule has 0 saturated carbocycles. The van der Waals surface area contributed by atoms with Crippen molar-refractivity contribution in [3.05, 3.63) is 70.2 Å². The largest absolute Gasteiger partial charge is 0.497 e. The van der Waals surface area contributed by atoms with Crippen LogP contribution in [0.4, 0.5) is 5.69 Å². The van der Waals surface area contributed by atoms with Gasteiger partial charge in [0.05, 0.1) is 19.2 Å². The number of benzene rings is 2. The normalized spacial score (nSPS) is 10.5. The maximum absolute atomic E-state index is 12.2. The van der Waals surface area contributed by atoms with Crippen LogP contribution in [0.15, 0.2) is 58.8 Å². The van der Waals surface area contributed by atoms with E-state index in [1.807, 2.05) is 60.8 Å². The van der Waals surface area contributed by atoms with Gasteiger partial charge in [-0.25, -0.2) is 4.98 Å². The molecule has 0 unspecified atom stereocenters. The molecular weight excluding hydrogens is 364 g/mol. The number of carbonyl (C=O) groups is 1. The molecule has 2 aromatic carbocycles. The highest BCUT2D eigenvalue weighted by Crippen LogP contribution is 2.25. The lowest BCUT2D eigenvalue weighted by atomic mass is 10.2. The molecule has 1 aromatic heterocycles. The van der Waals surface area contributed by atoms with E-state index in [9.17, 15) is 4.79 Å². The number of methoxy groups -OCH3 is 1. The summed E-state index contributed by atoms with van der Waals surface area (Å²) in [6, 6.07) is 15.7. The Bertz CT molecular complexity index is 858. The first-order chi connectivity index (χ1) is 12.6. The molecule has 1 heterocycles. The van der Waals surface area contributed by atoms with Crippen molar-refractivity contribution >= 4 is 34.7 Å². The predicted molar refractivity (Wildman–Crippen MR) is 108 cm³/mol. The van der Waals surface area contributed by atoms with Gasteiger partial charge in [0.15, 0.2) is 0 Å². The number of amides is 1. The van der Waals surface area contributed by atoms with Crippen molar-refractivity contribution in [3.63, 3.8) is 0 Å². The Morgan fingerprint density at radius 2 is 1.88 bits per heavy atom. The second-order valence-corrected chi connectivity index (χ2v) is 7.78. The molecule has 0 radical (unpaired) electrons. The number of ether oxygens (including phenoxy) is 1. The molecule has 0 aliphatic heterocycles. The van der Waals surface area contributed by atoms with Gasteiger partial charge in [-0.2, -0.15) is 0 Å². The Morgan fingerprint density at radius 3 is 2.58 bits per heavy atom. The first-order valence-corrected chi connectivity index (χ1v) is 10.1. The zero-order chi connectivity index (χ0) is 18.4. The highest BCUT2D eigenvalue weighted by Gasteiger charge is 2.09. The summed E-state index contributed by atoms with van der Waals surface area (Å²) in [5, 5.41) is 5.76. The van der Waals surface area contributed by atoms with E-state index in [1.165, 1.54) is 16.9 Å². The average Bonchev–Trinajstić information content (AvgIpc) is 3.09. The fourth-order valence-corrected chi connectivity index (χ4v) is 3.99. The molecule has 3 aromatic rings. The Kier molecular flexibility index (Phi) is 6.30. The second-order valence-electron chi connectivity index (χ2n) is 5.79. The summed E-state index contributed by atoms with van der Waals surface area (Å²) in [5.74, 6) is 1.59. The summed E-state index contributed by atoms with van der Waals surface area (Å²) >= 11 is 3.24. The highest BCUT2D eigenvalue weighted by atomic mass is 32.2. The number of aromatic nitrogens is 1. The molecular formula is C20H20N2O2S2. The van der Waals surface area contributed by atoms with Crippen LogP contribution in [-0.4, -0.2) is 18.0 Å². The molecule has 0 saturated heterocycles. The third kappa shape index (κ3) is 5.34. The zero-order valence-corrected chi connectivity index (χ0v) is 16.3. The van der Waals surface area contributed by atoms with E-state index in [1.54, 1.807) is 18.9 Å². The molecule has 3 rings (SSSR count). The van der Waals surface area contributed by atoms with Crippen molar-refractivity contribution in [1.29, 1.82) is 0 Å². The maximum atomic E-state index is 12.2. The predicted octanol–water partition coefficient (Wildman–Crippen LogP) is 4.93. The number of nitrogens with zero attached hydrogens (tertiary/aromatic N) is 1. The number of aryl methyl sites for hydroxylation is 1. The lowest BCUT2D eigenvalue weighted by Gasteiger charge is -2.04. The van der Waals surface area contributed by atoms with Crippen LogP contribution in [0, 0.1) is 6.92 Å². The summed E-state index contributed by atoms with van der Waals surface area (Å²) in [7, 11) is 1.66. The summed E-state index contributed by atoms with van der Waals surface area (Å²) < 4.78 is 5.16. The quantitative estimate of drug-likeness (QED) is 0.587. The van der Waals surface area contributed by atoms with Gasteiger partial charge >= 0.3 is 0 Å². The van der Waals surface area contributed by atoms with Crippen molar-refractivity contribution in [2.45, 2.75) is 24.0 Å². The number of thioether (sulfide) groups is 1. The van der Waals surface area contributed by atoms with Crippen molar-refractivity contribution in [2.75, 3.05) is 12.4 Å². The van der Waals surface area contributed by atoms with Gasteiger partial charge in [-0.1, -0.05) is 17.7 Å². The van der Waals surface area contributed by atoms with E-state index in [0.717, 1.165) is 32.8 Å². The van der Waals surface area contributed by atoms with Crippen LogP contribution in [0.25, 0.3) is 0 Å². The lowest BCUT2D eigenvalue weighted by molar-refractivity contribution is -0.115. The first kappa shape index (κ1) is 18.5. The number of anilines is 1. The van der Waals surface area contributed by atoms with Gasteiger partial charge in [0.1, 0.15) is 10.8 Å². The SMILES string of the molecule is COc1ccc(SCc2csc(CC(=O)Nc3ccc(C)cc3)n2)cc1. The molecule has 4 nitrogen and oxygen atoms in total. The number of nitrogens with one attached hydrogen (secondary N) is 1. The van der Waals surface area contributed by atoms with Gasteiger partial charge in [0.25, 0.3) is 0 Å². The second kappa shape index (κ2) is 8.87. The van der Waals surface area contributed by atoms with E-state index in [0.29, 0.717) is 6.42 Å². The Labute approximate surface area is 161 Å². The maximum Gasteiger partial charge on any atom is 0.231 e. The van der Waals surface area contributed by atoms with Gasteiger partial charge < -0.3 is 10.1 Å². The van der Waals surface area contributed by atoms with Gasteiger partial charge in [-0.3, -0.25) is 4.79 Å². The fourth-order valence-electron chi connectivity index (χ4n) is 2.31. The van der Waals surface area contributed by atoms with E-state index in [2.05, 4.69) is 10.3 Å². The average molecular weight is 385 g/mol. The van der Waals surface area contributed by atoms with Crippen LogP contribution in [0.5, 0.6) is 5.75 Å². The van der Waals surface area contributed by atoms with Crippen LogP contribution < -0.4 is 10.1 Å². The van der Waals surface area contributed by atoms with E-state index in [-0.39, 0.29) is 5.91 Å². The number of rotatable bonds is 7. The minimum atomic E-state index is -0.0439. The first-order valence-electron chi connectivity index (χ1n) is 8.19. The van der Waals surface area contributed by atoms with Crippen LogP contribution in [-0.2, 0) is 17.0 Å². The zero-order valence-electron chi connectivity index (χ0n) is 14.7. The van der Waals surface area contributed by atoms with E-state index < -0.39 is 0 Å². The molecule has 0 aliphatic carbocycles. The van der Waals surface area contributed by atoms with E-state index in [4.69, 9.17) is 4.74 Å². The summed E-state index contributed by atoms with van der Waals surface area (Å²) in [6.45, 7) is 2.02. The third-order valence-corrected chi connectivity index (χ3v) is 5.64. The molecule has 0 aliphatic rings. The smallest absolute Gasteiger partial charge is 0.231 e. The molecule has 0 bridgehead atoms. The highest BCUT2D eigenvalue weighted by molar-refractivity contribution is 7.98. The number of carbonyl (C=O) groups excluding carboxylic acids is 1. The molecule has 1 N–H and O–H groups in total.